The molecule has 0 spiro atoms. The van der Waals surface area contributed by atoms with Crippen LogP contribution in [0.15, 0.2) is 59.5 Å². The lowest BCUT2D eigenvalue weighted by Gasteiger charge is -2.24. The molecule has 0 fully saturated rings. The molecule has 1 amide bonds. The van der Waals surface area contributed by atoms with Crippen LogP contribution in [0.1, 0.15) is 25.8 Å². The summed E-state index contributed by atoms with van der Waals surface area (Å²) in [7, 11) is -2.48. The van der Waals surface area contributed by atoms with Crippen LogP contribution >= 0.6 is 0 Å². The van der Waals surface area contributed by atoms with Crippen molar-refractivity contribution in [2.45, 2.75) is 30.6 Å². The number of carbonyl (C=O) groups excluding carboxylic acids is 1. The van der Waals surface area contributed by atoms with E-state index in [9.17, 15) is 13.2 Å². The fourth-order valence-corrected chi connectivity index (χ4v) is 3.42. The van der Waals surface area contributed by atoms with Crippen molar-refractivity contribution in [3.8, 4) is 5.75 Å². The molecule has 2 aromatic carbocycles. The molecule has 0 unspecified atom stereocenters. The van der Waals surface area contributed by atoms with E-state index in [2.05, 4.69) is 4.72 Å². The van der Waals surface area contributed by atoms with Crippen molar-refractivity contribution in [1.82, 2.24) is 4.72 Å². The third-order valence-electron chi connectivity index (χ3n) is 3.76. The quantitative estimate of drug-likeness (QED) is 0.872. The zero-order valence-corrected chi connectivity index (χ0v) is 14.8. The van der Waals surface area contributed by atoms with E-state index in [0.717, 1.165) is 5.56 Å². The maximum atomic E-state index is 12.3. The number of hydrogen-bond acceptors (Lipinski definition) is 4. The van der Waals surface area contributed by atoms with E-state index in [0.29, 0.717) is 5.75 Å². The van der Waals surface area contributed by atoms with Crippen molar-refractivity contribution in [1.29, 1.82) is 0 Å². The van der Waals surface area contributed by atoms with Gasteiger partial charge in [0.05, 0.1) is 12.0 Å². The molecule has 0 aliphatic carbocycles. The van der Waals surface area contributed by atoms with Crippen LogP contribution in [-0.4, -0.2) is 21.4 Å². The van der Waals surface area contributed by atoms with Crippen LogP contribution in [-0.2, 0) is 20.2 Å². The molecule has 1 N–H and O–H groups in total. The molecular formula is C18H21NO4S. The second-order valence-corrected chi connectivity index (χ2v) is 7.82. The Labute approximate surface area is 142 Å². The molecule has 0 radical (unpaired) electrons. The number of carbonyl (C=O) groups is 1. The predicted octanol–water partition coefficient (Wildman–Crippen LogP) is 2.87. The summed E-state index contributed by atoms with van der Waals surface area (Å²) in [6.45, 7) is 3.81. The molecule has 5 nitrogen and oxygen atoms in total. The van der Waals surface area contributed by atoms with Gasteiger partial charge in [-0.15, -0.1) is 0 Å². The number of amides is 1. The summed E-state index contributed by atoms with van der Waals surface area (Å²) in [5, 5.41) is 0. The van der Waals surface area contributed by atoms with Gasteiger partial charge in [0.1, 0.15) is 5.75 Å². The second kappa shape index (κ2) is 7.05. The van der Waals surface area contributed by atoms with Crippen LogP contribution < -0.4 is 9.46 Å². The first-order valence-corrected chi connectivity index (χ1v) is 8.98. The largest absolute Gasteiger partial charge is 0.497 e. The summed E-state index contributed by atoms with van der Waals surface area (Å²) >= 11 is 0. The van der Waals surface area contributed by atoms with Crippen LogP contribution in [0.3, 0.4) is 0 Å². The van der Waals surface area contributed by atoms with Crippen LogP contribution in [0.5, 0.6) is 5.75 Å². The molecule has 0 heterocycles. The number of sulfonamides is 1. The Balaban J connectivity index is 2.13. The van der Waals surface area contributed by atoms with Crippen LogP contribution in [0.25, 0.3) is 0 Å². The first-order chi connectivity index (χ1) is 11.2. The highest BCUT2D eigenvalue weighted by molar-refractivity contribution is 7.90. The lowest BCUT2D eigenvalue weighted by molar-refractivity contribution is -0.120. The summed E-state index contributed by atoms with van der Waals surface area (Å²) in [6, 6.07) is 15.5. The van der Waals surface area contributed by atoms with Gasteiger partial charge in [0.15, 0.2) is 0 Å². The number of hydrogen-bond donors (Lipinski definition) is 1. The minimum absolute atomic E-state index is 0.00674. The highest BCUT2D eigenvalue weighted by Gasteiger charge is 2.27. The van der Waals surface area contributed by atoms with Crippen molar-refractivity contribution in [2.24, 2.45) is 0 Å². The van der Waals surface area contributed by atoms with Crippen molar-refractivity contribution < 1.29 is 17.9 Å². The number of benzene rings is 2. The molecular weight excluding hydrogens is 326 g/mol. The SMILES string of the molecule is COc1cccc(S(=O)(=O)NC(=O)CC(C)(C)c2ccccc2)c1. The minimum atomic E-state index is -3.93. The molecule has 6 heteroatoms. The molecule has 24 heavy (non-hydrogen) atoms. The van der Waals surface area contributed by atoms with E-state index in [-0.39, 0.29) is 11.3 Å². The zero-order chi connectivity index (χ0) is 17.8. The van der Waals surface area contributed by atoms with Crippen molar-refractivity contribution in [3.63, 3.8) is 0 Å². The van der Waals surface area contributed by atoms with E-state index >= 15 is 0 Å². The predicted molar refractivity (Wildman–Crippen MR) is 92.4 cm³/mol. The minimum Gasteiger partial charge on any atom is -0.497 e. The fraction of sp³-hybridized carbons (Fsp3) is 0.278. The van der Waals surface area contributed by atoms with Gasteiger partial charge in [-0.05, 0) is 23.1 Å². The highest BCUT2D eigenvalue weighted by atomic mass is 32.2. The molecule has 0 aliphatic heterocycles. The van der Waals surface area contributed by atoms with Gasteiger partial charge in [-0.1, -0.05) is 50.2 Å². The van der Waals surface area contributed by atoms with Crippen molar-refractivity contribution in [2.75, 3.05) is 7.11 Å². The normalized spacial score (nSPS) is 11.8. The molecule has 2 aromatic rings. The summed E-state index contributed by atoms with van der Waals surface area (Å²) in [4.78, 5) is 12.2. The van der Waals surface area contributed by atoms with Gasteiger partial charge in [-0.25, -0.2) is 13.1 Å². The summed E-state index contributed by atoms with van der Waals surface area (Å²) in [6.07, 6.45) is 0.0558. The molecule has 0 saturated carbocycles. The monoisotopic (exact) mass is 347 g/mol. The number of rotatable bonds is 6. The fourth-order valence-electron chi connectivity index (χ4n) is 2.41. The Morgan fingerprint density at radius 1 is 1.08 bits per heavy atom. The Bertz CT molecular complexity index is 814. The van der Waals surface area contributed by atoms with E-state index in [1.54, 1.807) is 12.1 Å². The van der Waals surface area contributed by atoms with E-state index < -0.39 is 21.3 Å². The van der Waals surface area contributed by atoms with E-state index in [4.69, 9.17) is 4.74 Å². The Morgan fingerprint density at radius 2 is 1.75 bits per heavy atom. The third-order valence-corrected chi connectivity index (χ3v) is 5.13. The standard InChI is InChI=1S/C18H21NO4S/c1-18(2,14-8-5-4-6-9-14)13-17(20)19-24(21,22)16-11-7-10-15(12-16)23-3/h4-12H,13H2,1-3H3,(H,19,20). The summed E-state index contributed by atoms with van der Waals surface area (Å²) in [5.74, 6) is -0.137. The Morgan fingerprint density at radius 3 is 2.38 bits per heavy atom. The number of ether oxygens (including phenoxy) is 1. The number of nitrogens with one attached hydrogen (secondary N) is 1. The van der Waals surface area contributed by atoms with E-state index in [1.165, 1.54) is 19.2 Å². The van der Waals surface area contributed by atoms with Gasteiger partial charge >= 0.3 is 0 Å². The van der Waals surface area contributed by atoms with Crippen molar-refractivity contribution >= 4 is 15.9 Å². The smallest absolute Gasteiger partial charge is 0.264 e. The molecule has 0 aromatic heterocycles. The average Bonchev–Trinajstić information content (AvgIpc) is 2.54. The van der Waals surface area contributed by atoms with E-state index in [1.807, 2.05) is 44.2 Å². The van der Waals surface area contributed by atoms with Gasteiger partial charge in [-0.3, -0.25) is 4.79 Å². The Kier molecular flexibility index (Phi) is 5.29. The van der Waals surface area contributed by atoms with Crippen LogP contribution in [0.4, 0.5) is 0 Å². The van der Waals surface area contributed by atoms with Gasteiger partial charge < -0.3 is 4.74 Å². The average molecular weight is 347 g/mol. The molecule has 0 saturated heterocycles. The van der Waals surface area contributed by atoms with Gasteiger partial charge in [0.2, 0.25) is 5.91 Å². The van der Waals surface area contributed by atoms with Gasteiger partial charge in [-0.2, -0.15) is 0 Å². The first-order valence-electron chi connectivity index (χ1n) is 7.50. The van der Waals surface area contributed by atoms with Crippen molar-refractivity contribution in [3.05, 3.63) is 60.2 Å². The molecule has 128 valence electrons. The molecule has 0 atom stereocenters. The van der Waals surface area contributed by atoms with Gasteiger partial charge in [0.25, 0.3) is 10.0 Å². The Hall–Kier alpha value is -2.34. The topological polar surface area (TPSA) is 72.5 Å². The highest BCUT2D eigenvalue weighted by Crippen LogP contribution is 2.27. The maximum absolute atomic E-state index is 12.3. The zero-order valence-electron chi connectivity index (χ0n) is 13.9. The third kappa shape index (κ3) is 4.35. The molecule has 0 bridgehead atoms. The maximum Gasteiger partial charge on any atom is 0.264 e. The molecule has 0 aliphatic rings. The van der Waals surface area contributed by atoms with Crippen LogP contribution in [0, 0.1) is 0 Å². The lowest BCUT2D eigenvalue weighted by atomic mass is 9.81. The van der Waals surface area contributed by atoms with Crippen LogP contribution in [0.2, 0.25) is 0 Å². The lowest BCUT2D eigenvalue weighted by Crippen LogP contribution is -2.35. The number of methoxy groups -OCH3 is 1. The summed E-state index contributed by atoms with van der Waals surface area (Å²) < 4.78 is 31.8. The van der Waals surface area contributed by atoms with Gasteiger partial charge in [0, 0.05) is 12.5 Å². The summed E-state index contributed by atoms with van der Waals surface area (Å²) in [5.41, 5.74) is 0.494. The molecule has 2 rings (SSSR count). The second-order valence-electron chi connectivity index (χ2n) is 6.13. The first kappa shape index (κ1) is 18.0.